The predicted octanol–water partition coefficient (Wildman–Crippen LogP) is 4.09. The molecule has 3 aliphatic rings. The lowest BCUT2D eigenvalue weighted by molar-refractivity contribution is 0.0331. The smallest absolute Gasteiger partial charge is 0.146 e. The fourth-order valence-corrected chi connectivity index (χ4v) is 6.72. The quantitative estimate of drug-likeness (QED) is 0.594. The maximum Gasteiger partial charge on any atom is 0.146 e. The number of morpholine rings is 1. The Morgan fingerprint density at radius 1 is 0.939 bits per heavy atom. The van der Waals surface area contributed by atoms with Crippen molar-refractivity contribution in [2.24, 2.45) is 0 Å². The first kappa shape index (κ1) is 21.5. The van der Waals surface area contributed by atoms with Crippen LogP contribution in [0, 0.1) is 0 Å². The van der Waals surface area contributed by atoms with Gasteiger partial charge < -0.3 is 10.1 Å². The summed E-state index contributed by atoms with van der Waals surface area (Å²) in [5.41, 5.74) is 2.92. The van der Waals surface area contributed by atoms with Gasteiger partial charge in [0, 0.05) is 43.6 Å². The standard InChI is InChI=1S/C26H33N5OS/c1-2-5-19(6-3-1)17-30-11-9-20(10-12-30)27-25-24-21-7-4-8-22(21)33-26(24)29-23(28-25)18-31-13-15-32-16-14-31/h1-3,5-6,20H,4,7-18H2,(H,27,28,29). The molecule has 0 saturated carbocycles. The first-order chi connectivity index (χ1) is 16.3. The normalized spacial score (nSPS) is 20.4. The lowest BCUT2D eigenvalue weighted by Gasteiger charge is -2.33. The number of hydrogen-bond acceptors (Lipinski definition) is 7. The van der Waals surface area contributed by atoms with Gasteiger partial charge in [-0.25, -0.2) is 9.97 Å². The number of nitrogens with zero attached hydrogens (tertiary/aromatic N) is 4. The molecule has 0 radical (unpaired) electrons. The van der Waals surface area contributed by atoms with E-state index in [0.29, 0.717) is 6.04 Å². The number of piperidine rings is 1. The Morgan fingerprint density at radius 2 is 1.73 bits per heavy atom. The number of benzene rings is 1. The fraction of sp³-hybridized carbons (Fsp3) is 0.538. The number of nitrogens with one attached hydrogen (secondary N) is 1. The second kappa shape index (κ2) is 9.66. The van der Waals surface area contributed by atoms with Gasteiger partial charge in [-0.2, -0.15) is 0 Å². The highest BCUT2D eigenvalue weighted by molar-refractivity contribution is 7.19. The molecule has 1 aromatic carbocycles. The van der Waals surface area contributed by atoms with Crippen LogP contribution >= 0.6 is 11.3 Å². The van der Waals surface area contributed by atoms with Gasteiger partial charge in [0.05, 0.1) is 25.1 Å². The summed E-state index contributed by atoms with van der Waals surface area (Å²) in [4.78, 5) is 17.8. The van der Waals surface area contributed by atoms with Crippen LogP contribution in [-0.2, 0) is 30.7 Å². The number of ether oxygens (including phenoxy) is 1. The molecule has 3 aromatic rings. The van der Waals surface area contributed by atoms with E-state index in [0.717, 1.165) is 77.0 Å². The van der Waals surface area contributed by atoms with Gasteiger partial charge in [0.15, 0.2) is 0 Å². The minimum absolute atomic E-state index is 0.475. The number of aromatic nitrogens is 2. The van der Waals surface area contributed by atoms with Gasteiger partial charge >= 0.3 is 0 Å². The highest BCUT2D eigenvalue weighted by atomic mass is 32.1. The van der Waals surface area contributed by atoms with Crippen molar-refractivity contribution in [1.29, 1.82) is 0 Å². The van der Waals surface area contributed by atoms with E-state index in [-0.39, 0.29) is 0 Å². The molecule has 2 aromatic heterocycles. The van der Waals surface area contributed by atoms with Crippen molar-refractivity contribution in [2.45, 2.75) is 51.2 Å². The average Bonchev–Trinajstić information content (AvgIpc) is 3.43. The van der Waals surface area contributed by atoms with Crippen molar-refractivity contribution >= 4 is 27.4 Å². The monoisotopic (exact) mass is 463 g/mol. The van der Waals surface area contributed by atoms with E-state index in [1.54, 1.807) is 0 Å². The summed E-state index contributed by atoms with van der Waals surface area (Å²) in [6.07, 6.45) is 5.95. The molecule has 1 aliphatic carbocycles. The Hall–Kier alpha value is -2.06. The number of aryl methyl sites for hydroxylation is 2. The molecule has 2 saturated heterocycles. The van der Waals surface area contributed by atoms with Crippen molar-refractivity contribution in [3.8, 4) is 0 Å². The first-order valence-electron chi connectivity index (χ1n) is 12.5. The third-order valence-electron chi connectivity index (χ3n) is 7.26. The number of hydrogen-bond donors (Lipinski definition) is 1. The first-order valence-corrected chi connectivity index (χ1v) is 13.3. The molecule has 0 atom stereocenters. The Balaban J connectivity index is 1.19. The molecule has 174 valence electrons. The molecular formula is C26H33N5OS. The Kier molecular flexibility index (Phi) is 6.29. The van der Waals surface area contributed by atoms with Gasteiger partial charge in [-0.1, -0.05) is 30.3 Å². The summed E-state index contributed by atoms with van der Waals surface area (Å²) in [5, 5.41) is 5.20. The molecule has 6 rings (SSSR count). The number of rotatable bonds is 6. The second-order valence-electron chi connectivity index (χ2n) is 9.59. The van der Waals surface area contributed by atoms with Crippen molar-refractivity contribution in [3.63, 3.8) is 0 Å². The largest absolute Gasteiger partial charge is 0.379 e. The van der Waals surface area contributed by atoms with Gasteiger partial charge in [-0.15, -0.1) is 11.3 Å². The minimum Gasteiger partial charge on any atom is -0.379 e. The van der Waals surface area contributed by atoms with Gasteiger partial charge in [0.1, 0.15) is 16.5 Å². The highest BCUT2D eigenvalue weighted by Crippen LogP contribution is 2.40. The van der Waals surface area contributed by atoms with Crippen molar-refractivity contribution < 1.29 is 4.74 Å². The van der Waals surface area contributed by atoms with Crippen molar-refractivity contribution in [2.75, 3.05) is 44.7 Å². The summed E-state index contributed by atoms with van der Waals surface area (Å²) < 4.78 is 5.52. The van der Waals surface area contributed by atoms with Crippen LogP contribution in [0.1, 0.15) is 41.1 Å². The number of anilines is 1. The van der Waals surface area contributed by atoms with E-state index in [2.05, 4.69) is 45.4 Å². The summed E-state index contributed by atoms with van der Waals surface area (Å²) in [6, 6.07) is 11.3. The summed E-state index contributed by atoms with van der Waals surface area (Å²) in [7, 11) is 0. The molecule has 2 aliphatic heterocycles. The zero-order valence-corrected chi connectivity index (χ0v) is 20.1. The summed E-state index contributed by atoms with van der Waals surface area (Å²) in [5.74, 6) is 2.04. The third kappa shape index (κ3) is 4.78. The van der Waals surface area contributed by atoms with E-state index >= 15 is 0 Å². The van der Waals surface area contributed by atoms with Crippen LogP contribution in [0.5, 0.6) is 0 Å². The second-order valence-corrected chi connectivity index (χ2v) is 10.7. The van der Waals surface area contributed by atoms with E-state index in [1.165, 1.54) is 45.5 Å². The molecule has 4 heterocycles. The minimum atomic E-state index is 0.475. The molecule has 2 fully saturated rings. The molecule has 0 amide bonds. The van der Waals surface area contributed by atoms with Crippen LogP contribution in [0.4, 0.5) is 5.82 Å². The molecule has 0 unspecified atom stereocenters. The van der Waals surface area contributed by atoms with E-state index in [9.17, 15) is 0 Å². The summed E-state index contributed by atoms with van der Waals surface area (Å²) in [6.45, 7) is 7.66. The van der Waals surface area contributed by atoms with Crippen LogP contribution in [-0.4, -0.2) is 65.2 Å². The Morgan fingerprint density at radius 3 is 2.55 bits per heavy atom. The number of fused-ring (bicyclic) bond motifs is 3. The number of likely N-dealkylation sites (tertiary alicyclic amines) is 1. The third-order valence-corrected chi connectivity index (χ3v) is 8.44. The fourth-order valence-electron chi connectivity index (χ4n) is 5.44. The molecular weight excluding hydrogens is 430 g/mol. The molecule has 0 spiro atoms. The zero-order valence-electron chi connectivity index (χ0n) is 19.3. The maximum atomic E-state index is 5.52. The van der Waals surface area contributed by atoms with Crippen LogP contribution in [0.15, 0.2) is 30.3 Å². The lowest BCUT2D eigenvalue weighted by atomic mass is 10.0. The van der Waals surface area contributed by atoms with Gasteiger partial charge in [-0.3, -0.25) is 9.80 Å². The van der Waals surface area contributed by atoms with Gasteiger partial charge in [-0.05, 0) is 43.2 Å². The SMILES string of the molecule is c1ccc(CN2CCC(Nc3nc(CN4CCOCC4)nc4sc5c(c34)CCC5)CC2)cc1. The molecule has 33 heavy (non-hydrogen) atoms. The van der Waals surface area contributed by atoms with Gasteiger partial charge in [0.25, 0.3) is 0 Å². The van der Waals surface area contributed by atoms with Crippen LogP contribution in [0.25, 0.3) is 10.2 Å². The molecule has 1 N–H and O–H groups in total. The van der Waals surface area contributed by atoms with E-state index in [1.807, 2.05) is 11.3 Å². The average molecular weight is 464 g/mol. The van der Waals surface area contributed by atoms with E-state index < -0.39 is 0 Å². The van der Waals surface area contributed by atoms with Crippen LogP contribution in [0.3, 0.4) is 0 Å². The van der Waals surface area contributed by atoms with Crippen molar-refractivity contribution in [3.05, 3.63) is 52.2 Å². The highest BCUT2D eigenvalue weighted by Gasteiger charge is 2.26. The van der Waals surface area contributed by atoms with Crippen LogP contribution < -0.4 is 5.32 Å². The lowest BCUT2D eigenvalue weighted by Crippen LogP contribution is -2.39. The topological polar surface area (TPSA) is 53.5 Å². The molecule has 6 nitrogen and oxygen atoms in total. The molecule has 7 heteroatoms. The van der Waals surface area contributed by atoms with E-state index in [4.69, 9.17) is 14.7 Å². The maximum absolute atomic E-state index is 5.52. The Labute approximate surface area is 200 Å². The predicted molar refractivity (Wildman–Crippen MR) is 134 cm³/mol. The zero-order chi connectivity index (χ0) is 22.0. The molecule has 0 bridgehead atoms. The van der Waals surface area contributed by atoms with Gasteiger partial charge in [0.2, 0.25) is 0 Å². The van der Waals surface area contributed by atoms with Crippen LogP contribution in [0.2, 0.25) is 0 Å². The summed E-state index contributed by atoms with van der Waals surface area (Å²) >= 11 is 1.90. The van der Waals surface area contributed by atoms with Crippen molar-refractivity contribution in [1.82, 2.24) is 19.8 Å². The Bertz CT molecular complexity index is 1090. The number of thiophene rings is 1.